The number of hydrogen-bond acceptors (Lipinski definition) is 6. The third-order valence-corrected chi connectivity index (χ3v) is 5.13. The van der Waals surface area contributed by atoms with E-state index in [1.54, 1.807) is 17.5 Å². The number of nitrogens with one attached hydrogen (secondary N) is 1. The number of thiazole rings is 1. The molecule has 0 aromatic carbocycles. The van der Waals surface area contributed by atoms with Crippen LogP contribution in [0.1, 0.15) is 22.6 Å². The van der Waals surface area contributed by atoms with Crippen LogP contribution in [0.15, 0.2) is 18.5 Å². The van der Waals surface area contributed by atoms with Gasteiger partial charge in [-0.1, -0.05) is 6.92 Å². The summed E-state index contributed by atoms with van der Waals surface area (Å²) in [5.41, 5.74) is 0. The van der Waals surface area contributed by atoms with Crippen molar-refractivity contribution in [3.63, 3.8) is 0 Å². The van der Waals surface area contributed by atoms with Gasteiger partial charge < -0.3 is 15.1 Å². The maximum atomic E-state index is 12.3. The highest BCUT2D eigenvalue weighted by molar-refractivity contribution is 7.11. The molecule has 0 atom stereocenters. The van der Waals surface area contributed by atoms with Gasteiger partial charge >= 0.3 is 6.03 Å². The van der Waals surface area contributed by atoms with Crippen molar-refractivity contribution in [2.24, 2.45) is 0 Å². The SMILES string of the molecule is CCc1cnc(CNC(=O)N2CCN(c3ccnc(C)n3)CC2)s1. The Labute approximate surface area is 145 Å². The van der Waals surface area contributed by atoms with Crippen molar-refractivity contribution in [3.8, 4) is 0 Å². The first-order valence-corrected chi connectivity index (χ1v) is 8.98. The van der Waals surface area contributed by atoms with E-state index in [2.05, 4.69) is 32.1 Å². The molecule has 0 unspecified atom stereocenters. The van der Waals surface area contributed by atoms with Crippen molar-refractivity contribution < 1.29 is 4.79 Å². The molecule has 128 valence electrons. The van der Waals surface area contributed by atoms with E-state index in [9.17, 15) is 4.79 Å². The normalized spacial score (nSPS) is 14.8. The fraction of sp³-hybridized carbons (Fsp3) is 0.500. The molecule has 2 amide bonds. The molecule has 0 saturated carbocycles. The molecule has 2 aromatic rings. The molecule has 0 spiro atoms. The number of carbonyl (C=O) groups is 1. The molecule has 1 fully saturated rings. The Balaban J connectivity index is 1.48. The highest BCUT2D eigenvalue weighted by atomic mass is 32.1. The van der Waals surface area contributed by atoms with Crippen LogP contribution in [-0.4, -0.2) is 52.1 Å². The highest BCUT2D eigenvalue weighted by Gasteiger charge is 2.22. The molecule has 1 saturated heterocycles. The fourth-order valence-corrected chi connectivity index (χ4v) is 3.42. The van der Waals surface area contributed by atoms with Gasteiger partial charge in [0, 0.05) is 43.4 Å². The lowest BCUT2D eigenvalue weighted by Gasteiger charge is -2.35. The van der Waals surface area contributed by atoms with Gasteiger partial charge in [-0.3, -0.25) is 0 Å². The molecule has 1 N–H and O–H groups in total. The minimum atomic E-state index is -0.0261. The third-order valence-electron chi connectivity index (χ3n) is 3.99. The Morgan fingerprint density at radius 3 is 2.75 bits per heavy atom. The van der Waals surface area contributed by atoms with E-state index in [-0.39, 0.29) is 6.03 Å². The van der Waals surface area contributed by atoms with Gasteiger partial charge in [-0.2, -0.15) is 0 Å². The molecule has 7 nitrogen and oxygen atoms in total. The van der Waals surface area contributed by atoms with E-state index >= 15 is 0 Å². The van der Waals surface area contributed by atoms with E-state index in [0.29, 0.717) is 19.6 Å². The minimum absolute atomic E-state index is 0.0261. The molecule has 8 heteroatoms. The van der Waals surface area contributed by atoms with Gasteiger partial charge in [0.15, 0.2) is 0 Å². The molecular formula is C16H22N6OS. The summed E-state index contributed by atoms with van der Waals surface area (Å²) in [6.45, 7) is 7.42. The van der Waals surface area contributed by atoms with E-state index < -0.39 is 0 Å². The average molecular weight is 346 g/mol. The summed E-state index contributed by atoms with van der Waals surface area (Å²) in [6, 6.07) is 1.89. The van der Waals surface area contributed by atoms with E-state index in [4.69, 9.17) is 0 Å². The number of amides is 2. The number of aryl methyl sites for hydroxylation is 2. The lowest BCUT2D eigenvalue weighted by Crippen LogP contribution is -2.51. The summed E-state index contributed by atoms with van der Waals surface area (Å²) in [5.74, 6) is 1.69. The number of aromatic nitrogens is 3. The average Bonchev–Trinajstić information content (AvgIpc) is 3.08. The quantitative estimate of drug-likeness (QED) is 0.914. The molecule has 3 rings (SSSR count). The molecule has 0 aliphatic carbocycles. The number of urea groups is 1. The second-order valence-electron chi connectivity index (χ2n) is 5.67. The maximum absolute atomic E-state index is 12.3. The number of hydrogen-bond donors (Lipinski definition) is 1. The Kier molecular flexibility index (Phi) is 5.24. The predicted molar refractivity (Wildman–Crippen MR) is 94.3 cm³/mol. The largest absolute Gasteiger partial charge is 0.353 e. The van der Waals surface area contributed by atoms with E-state index in [1.165, 1.54) is 4.88 Å². The van der Waals surface area contributed by atoms with Gasteiger partial charge in [-0.15, -0.1) is 11.3 Å². The third kappa shape index (κ3) is 4.00. The van der Waals surface area contributed by atoms with Crippen LogP contribution in [0.25, 0.3) is 0 Å². The number of piperazine rings is 1. The lowest BCUT2D eigenvalue weighted by atomic mass is 10.3. The van der Waals surface area contributed by atoms with Gasteiger partial charge in [0.05, 0.1) is 6.54 Å². The van der Waals surface area contributed by atoms with E-state index in [0.717, 1.165) is 36.2 Å². The van der Waals surface area contributed by atoms with Gasteiger partial charge in [0.2, 0.25) is 0 Å². The zero-order valence-electron chi connectivity index (χ0n) is 14.0. The van der Waals surface area contributed by atoms with Crippen LogP contribution >= 0.6 is 11.3 Å². The Bertz CT molecular complexity index is 695. The Morgan fingerprint density at radius 2 is 2.08 bits per heavy atom. The topological polar surface area (TPSA) is 74.2 Å². The summed E-state index contributed by atoms with van der Waals surface area (Å²) in [5, 5.41) is 3.91. The second kappa shape index (κ2) is 7.57. The summed E-state index contributed by atoms with van der Waals surface area (Å²) < 4.78 is 0. The van der Waals surface area contributed by atoms with Crippen LogP contribution < -0.4 is 10.2 Å². The number of rotatable bonds is 4. The second-order valence-corrected chi connectivity index (χ2v) is 6.87. The van der Waals surface area contributed by atoms with Crippen molar-refractivity contribution in [2.45, 2.75) is 26.8 Å². The van der Waals surface area contributed by atoms with Gasteiger partial charge in [0.1, 0.15) is 16.6 Å². The van der Waals surface area contributed by atoms with Crippen molar-refractivity contribution in [1.29, 1.82) is 0 Å². The molecule has 3 heterocycles. The van der Waals surface area contributed by atoms with Crippen molar-refractivity contribution in [3.05, 3.63) is 34.2 Å². The molecule has 0 bridgehead atoms. The standard InChI is InChI=1S/C16H22N6OS/c1-3-13-10-18-15(24-13)11-19-16(23)22-8-6-21(7-9-22)14-4-5-17-12(2)20-14/h4-5,10H,3,6-9,11H2,1-2H3,(H,19,23). The van der Waals surface area contributed by atoms with E-state index in [1.807, 2.05) is 24.1 Å². The molecule has 1 aliphatic rings. The smallest absolute Gasteiger partial charge is 0.317 e. The minimum Gasteiger partial charge on any atom is -0.353 e. The molecule has 24 heavy (non-hydrogen) atoms. The number of carbonyl (C=O) groups excluding carboxylic acids is 1. The highest BCUT2D eigenvalue weighted by Crippen LogP contribution is 2.14. The van der Waals surface area contributed by atoms with Crippen LogP contribution in [0.5, 0.6) is 0 Å². The van der Waals surface area contributed by atoms with Gasteiger partial charge in [-0.25, -0.2) is 19.7 Å². The zero-order valence-corrected chi connectivity index (χ0v) is 14.8. The summed E-state index contributed by atoms with van der Waals surface area (Å²) in [7, 11) is 0. The monoisotopic (exact) mass is 346 g/mol. The van der Waals surface area contributed by atoms with Crippen molar-refractivity contribution >= 4 is 23.2 Å². The Hall–Kier alpha value is -2.22. The first-order chi connectivity index (χ1) is 11.7. The van der Waals surface area contributed by atoms with Crippen LogP contribution in [0.3, 0.4) is 0 Å². The fourth-order valence-electron chi connectivity index (χ4n) is 2.61. The van der Waals surface area contributed by atoms with Gasteiger partial charge in [-0.05, 0) is 19.4 Å². The zero-order chi connectivity index (χ0) is 16.9. The van der Waals surface area contributed by atoms with Crippen LogP contribution in [0.4, 0.5) is 10.6 Å². The first kappa shape index (κ1) is 16.6. The van der Waals surface area contributed by atoms with Crippen LogP contribution in [-0.2, 0) is 13.0 Å². The van der Waals surface area contributed by atoms with Gasteiger partial charge in [0.25, 0.3) is 0 Å². The summed E-state index contributed by atoms with van der Waals surface area (Å²) >= 11 is 1.65. The molecule has 0 radical (unpaired) electrons. The summed E-state index contributed by atoms with van der Waals surface area (Å²) in [6.07, 6.45) is 4.64. The number of anilines is 1. The Morgan fingerprint density at radius 1 is 1.29 bits per heavy atom. The van der Waals surface area contributed by atoms with Crippen molar-refractivity contribution in [2.75, 3.05) is 31.1 Å². The van der Waals surface area contributed by atoms with Crippen LogP contribution in [0.2, 0.25) is 0 Å². The number of nitrogens with zero attached hydrogens (tertiary/aromatic N) is 5. The summed E-state index contributed by atoms with van der Waals surface area (Å²) in [4.78, 5) is 30.5. The molecular weight excluding hydrogens is 324 g/mol. The molecule has 1 aliphatic heterocycles. The molecule has 2 aromatic heterocycles. The lowest BCUT2D eigenvalue weighted by molar-refractivity contribution is 0.194. The first-order valence-electron chi connectivity index (χ1n) is 8.16. The van der Waals surface area contributed by atoms with Crippen molar-refractivity contribution in [1.82, 2.24) is 25.2 Å². The predicted octanol–water partition coefficient (Wildman–Crippen LogP) is 1.84. The van der Waals surface area contributed by atoms with Crippen LogP contribution in [0, 0.1) is 6.92 Å². The maximum Gasteiger partial charge on any atom is 0.317 e.